The summed E-state index contributed by atoms with van der Waals surface area (Å²) in [5.41, 5.74) is -1.62. The van der Waals surface area contributed by atoms with Crippen LogP contribution in [0.25, 0.3) is 0 Å². The Morgan fingerprint density at radius 1 is 1.00 bits per heavy atom. The van der Waals surface area contributed by atoms with Gasteiger partial charge in [0.2, 0.25) is 11.8 Å². The van der Waals surface area contributed by atoms with E-state index in [4.69, 9.17) is 4.74 Å². The molecule has 2 amide bonds. The summed E-state index contributed by atoms with van der Waals surface area (Å²) >= 11 is 0. The van der Waals surface area contributed by atoms with Gasteiger partial charge in [-0.25, -0.2) is 17.2 Å². The first-order chi connectivity index (χ1) is 18.4. The molecule has 0 aromatic rings. The van der Waals surface area contributed by atoms with Crippen molar-refractivity contribution in [3.05, 3.63) is 6.61 Å². The normalized spacial score (nSPS) is 40.5. The maximum absolute atomic E-state index is 14.3. The average molecular weight is 853 g/mol. The second-order valence-corrected chi connectivity index (χ2v) is 15.5. The SMILES string of the molecule is CC(C)(C)C(=O)OC1C2CC3C(C(=O)N(C(=O)C45CC6CC(CC(C6)C4)C5)C31)C2C(=O)O[CH-]C(F)(F)S(=O)(=O)[O-].[Rf]. The fraction of sp³-hybridized carbons (Fsp3) is 0.815. The maximum Gasteiger partial charge on any atom is 0.311 e. The van der Waals surface area contributed by atoms with Crippen LogP contribution < -0.4 is 0 Å². The minimum absolute atomic E-state index is 0. The second-order valence-electron chi connectivity index (χ2n) is 14.0. The van der Waals surface area contributed by atoms with Gasteiger partial charge in [-0.3, -0.25) is 24.1 Å². The molecule has 6 aliphatic carbocycles. The molecule has 0 radical (unpaired) electrons. The van der Waals surface area contributed by atoms with E-state index in [-0.39, 0.29) is 12.3 Å². The van der Waals surface area contributed by atoms with E-state index in [0.29, 0.717) is 37.0 Å². The van der Waals surface area contributed by atoms with E-state index in [2.05, 4.69) is 4.74 Å². The molecule has 6 saturated carbocycles. The van der Waals surface area contributed by atoms with Crippen LogP contribution in [0.1, 0.15) is 65.7 Å². The van der Waals surface area contributed by atoms with Gasteiger partial charge in [0.25, 0.3) is 11.2 Å². The number of imide groups is 1. The van der Waals surface area contributed by atoms with Gasteiger partial charge in [-0.05, 0) is 89.4 Å². The van der Waals surface area contributed by atoms with E-state index in [1.165, 1.54) is 4.90 Å². The Kier molecular flexibility index (Phi) is 6.39. The predicted octanol–water partition coefficient (Wildman–Crippen LogP) is 2.62. The summed E-state index contributed by atoms with van der Waals surface area (Å²) in [6.07, 6.45) is 4.50. The van der Waals surface area contributed by atoms with Gasteiger partial charge in [-0.1, -0.05) is 6.61 Å². The molecule has 6 atom stereocenters. The van der Waals surface area contributed by atoms with E-state index in [1.807, 2.05) is 0 Å². The number of hydrogen-bond acceptors (Lipinski definition) is 9. The van der Waals surface area contributed by atoms with Crippen molar-refractivity contribution in [3.63, 3.8) is 0 Å². The number of alkyl halides is 2. The van der Waals surface area contributed by atoms with Gasteiger partial charge in [0.05, 0.1) is 28.7 Å². The molecule has 6 bridgehead atoms. The Hall–Kier alpha value is -3.15. The van der Waals surface area contributed by atoms with Crippen LogP contribution >= 0.6 is 0 Å². The van der Waals surface area contributed by atoms with Gasteiger partial charge in [0.15, 0.2) is 0 Å². The number of nitrogens with zero attached hydrogens (tertiary/aromatic N) is 1. The van der Waals surface area contributed by atoms with Crippen LogP contribution in [0.15, 0.2) is 0 Å². The molecular formula is C27H33F2NO9RfS-2. The number of carbonyl (C=O) groups excluding carboxylic acids is 4. The molecule has 7 fully saturated rings. The van der Waals surface area contributed by atoms with Gasteiger partial charge in [0.1, 0.15) is 16.2 Å². The predicted molar refractivity (Wildman–Crippen MR) is 129 cm³/mol. The third-order valence-corrected chi connectivity index (χ3v) is 11.1. The zero-order valence-corrected chi connectivity index (χ0v) is 30.4. The van der Waals surface area contributed by atoms with Crippen molar-refractivity contribution in [2.45, 2.75) is 83.1 Å². The number of ether oxygens (including phenoxy) is 2. The van der Waals surface area contributed by atoms with Crippen molar-refractivity contribution >= 4 is 33.9 Å². The smallest absolute Gasteiger partial charge is 0.311 e. The molecule has 0 spiro atoms. The molecular weight excluding hydrogens is 819 g/mol. The van der Waals surface area contributed by atoms with E-state index in [9.17, 15) is 40.9 Å². The van der Waals surface area contributed by atoms with Gasteiger partial charge in [-0.15, -0.1) is 0 Å². The molecule has 224 valence electrons. The van der Waals surface area contributed by atoms with Crippen LogP contribution in [-0.4, -0.2) is 59.0 Å². The topological polar surface area (TPSA) is 147 Å². The number of amides is 2. The third-order valence-electron chi connectivity index (χ3n) is 10.4. The summed E-state index contributed by atoms with van der Waals surface area (Å²) in [7, 11) is -6.14. The van der Waals surface area contributed by atoms with Crippen molar-refractivity contribution in [2.24, 2.45) is 52.3 Å². The largest absolute Gasteiger partial charge is 0.746 e. The van der Waals surface area contributed by atoms with E-state index in [1.54, 1.807) is 20.8 Å². The van der Waals surface area contributed by atoms with Crippen LogP contribution in [0.3, 0.4) is 0 Å². The van der Waals surface area contributed by atoms with Gasteiger partial charge in [-0.2, -0.15) is 0 Å². The van der Waals surface area contributed by atoms with Crippen molar-refractivity contribution in [2.75, 3.05) is 0 Å². The number of halogens is 2. The van der Waals surface area contributed by atoms with Gasteiger partial charge < -0.3 is 14.0 Å². The molecule has 1 heterocycles. The molecule has 7 rings (SSSR count). The number of hydrogen-bond donors (Lipinski definition) is 0. The second kappa shape index (κ2) is 8.92. The van der Waals surface area contributed by atoms with Gasteiger partial charge in [0, 0.05) is 5.92 Å². The first-order valence-electron chi connectivity index (χ1n) is 13.9. The van der Waals surface area contributed by atoms with Crippen LogP contribution in [0.2, 0.25) is 0 Å². The molecule has 6 unspecified atom stereocenters. The quantitative estimate of drug-likeness (QED) is 0.170. The standard InChI is InChI=1S/C27H34F2NO9S.Rf/c1-25(2,3)24(34)39-20-16-7-15-17(18(16)22(32)38-11-27(28,29)40(35,36)37)21(31)30(19(15)20)23(33)26-8-12-4-13(9-26)6-14(5-12)10-26;/h11-20H,4-10H2,1-3H3,(H,35,36,37);/q-1;/p-1. The van der Waals surface area contributed by atoms with Crippen molar-refractivity contribution in [3.8, 4) is 0 Å². The Bertz CT molecular complexity index is 1250. The Morgan fingerprint density at radius 3 is 2.02 bits per heavy atom. The minimum atomic E-state index is -6.14. The molecule has 14 heteroatoms. The first kappa shape index (κ1) is 29.3. The summed E-state index contributed by atoms with van der Waals surface area (Å²) in [4.78, 5) is 55.5. The van der Waals surface area contributed by atoms with E-state index < -0.39 is 86.5 Å². The van der Waals surface area contributed by atoms with Crippen LogP contribution in [-0.2, 0) is 38.8 Å². The average Bonchev–Trinajstić information content (AvgIpc) is 3.43. The molecule has 0 aromatic carbocycles. The Balaban J connectivity index is 0.00000337. The maximum atomic E-state index is 14.3. The minimum Gasteiger partial charge on any atom is -0.746 e. The summed E-state index contributed by atoms with van der Waals surface area (Å²) in [5.74, 6) is -5.32. The fourth-order valence-corrected chi connectivity index (χ4v) is 9.38. The van der Waals surface area contributed by atoms with Crippen LogP contribution in [0, 0.1) is 58.9 Å². The zero-order chi connectivity index (χ0) is 29.2. The first-order valence-corrected chi connectivity index (χ1v) is 15.3. The molecule has 1 saturated heterocycles. The van der Waals surface area contributed by atoms with Crippen LogP contribution in [0.4, 0.5) is 8.78 Å². The van der Waals surface area contributed by atoms with E-state index in [0.717, 1.165) is 19.3 Å². The fourth-order valence-electron chi connectivity index (χ4n) is 9.22. The number of likely N-dealkylation sites (tertiary alicyclic amines) is 1. The number of fused-ring (bicyclic) bond motifs is 1. The van der Waals surface area contributed by atoms with Crippen molar-refractivity contribution < 1.29 is 50.4 Å². The molecule has 1 aliphatic heterocycles. The Morgan fingerprint density at radius 2 is 1.54 bits per heavy atom. The summed E-state index contributed by atoms with van der Waals surface area (Å²) in [6, 6.07) is -0.772. The van der Waals surface area contributed by atoms with Crippen molar-refractivity contribution in [1.29, 1.82) is 0 Å². The van der Waals surface area contributed by atoms with E-state index >= 15 is 0 Å². The summed E-state index contributed by atoms with van der Waals surface area (Å²) in [6.45, 7) is 4.27. The monoisotopic (exact) mass is 852 g/mol. The summed E-state index contributed by atoms with van der Waals surface area (Å²) in [5, 5.41) is -4.97. The Labute approximate surface area is 231 Å². The third kappa shape index (κ3) is 4.23. The van der Waals surface area contributed by atoms with Gasteiger partial charge >= 0.3 is 5.97 Å². The molecule has 10 nitrogen and oxygen atoms in total. The molecule has 7 aliphatic rings. The van der Waals surface area contributed by atoms with Crippen molar-refractivity contribution in [1.82, 2.24) is 4.90 Å². The summed E-state index contributed by atoms with van der Waals surface area (Å²) < 4.78 is 70.4. The molecule has 41 heavy (non-hydrogen) atoms. The molecule has 0 aromatic heterocycles. The molecule has 0 N–H and O–H groups in total. The number of esters is 2. The zero-order valence-electron chi connectivity index (χ0n) is 23.2. The van der Waals surface area contributed by atoms with Crippen LogP contribution in [0.5, 0.6) is 0 Å². The number of carbonyl (C=O) groups is 4. The number of rotatable bonds is 6.